The molecule has 0 aromatic heterocycles. The van der Waals surface area contributed by atoms with Crippen molar-refractivity contribution in [3.05, 3.63) is 64.2 Å². The number of hydrogen-bond acceptors (Lipinski definition) is 3. The van der Waals surface area contributed by atoms with E-state index in [0.29, 0.717) is 16.0 Å². The molecule has 0 aliphatic carbocycles. The third-order valence-electron chi connectivity index (χ3n) is 2.91. The zero-order chi connectivity index (χ0) is 15.4. The molecule has 0 atom stereocenters. The minimum atomic E-state index is -1.56. The molecule has 0 saturated heterocycles. The van der Waals surface area contributed by atoms with Crippen molar-refractivity contribution in [2.75, 3.05) is 0 Å². The average Bonchev–Trinajstić information content (AvgIpc) is 2.46. The molecule has 2 rings (SSSR count). The van der Waals surface area contributed by atoms with Crippen LogP contribution in [0, 0.1) is 0 Å². The predicted molar refractivity (Wildman–Crippen MR) is 83.6 cm³/mol. The van der Waals surface area contributed by atoms with E-state index >= 15 is 0 Å². The Hall–Kier alpha value is -2.08. The van der Waals surface area contributed by atoms with Crippen LogP contribution in [0.2, 0.25) is 5.02 Å². The van der Waals surface area contributed by atoms with Gasteiger partial charge in [0.2, 0.25) is 0 Å². The largest absolute Gasteiger partial charge is 0.488 e. The van der Waals surface area contributed by atoms with Crippen molar-refractivity contribution in [1.29, 1.82) is 0 Å². The normalized spacial score (nSPS) is 10.8. The Morgan fingerprint density at radius 1 is 1.10 bits per heavy atom. The van der Waals surface area contributed by atoms with E-state index in [2.05, 4.69) is 0 Å². The van der Waals surface area contributed by atoms with Crippen molar-refractivity contribution in [2.24, 2.45) is 0 Å². The van der Waals surface area contributed by atoms with Gasteiger partial charge in [0.15, 0.2) is 0 Å². The van der Waals surface area contributed by atoms with Gasteiger partial charge in [-0.1, -0.05) is 48.0 Å². The minimum absolute atomic E-state index is 0.210. The van der Waals surface area contributed by atoms with Crippen LogP contribution in [-0.4, -0.2) is 28.2 Å². The Balaban J connectivity index is 2.25. The number of carbonyl (C=O) groups is 1. The lowest BCUT2D eigenvalue weighted by Gasteiger charge is -2.03. The molecule has 2 aromatic rings. The van der Waals surface area contributed by atoms with Crippen molar-refractivity contribution in [1.82, 2.24) is 0 Å². The summed E-state index contributed by atoms with van der Waals surface area (Å²) < 4.78 is 0. The molecule has 2 aromatic carbocycles. The van der Waals surface area contributed by atoms with E-state index in [9.17, 15) is 4.79 Å². The smallest absolute Gasteiger partial charge is 0.478 e. The number of aromatic carboxylic acids is 1. The van der Waals surface area contributed by atoms with Crippen LogP contribution in [0.1, 0.15) is 21.5 Å². The number of carboxylic acids is 1. The van der Waals surface area contributed by atoms with Gasteiger partial charge < -0.3 is 15.2 Å². The predicted octanol–water partition coefficient (Wildman–Crippen LogP) is 1.89. The van der Waals surface area contributed by atoms with Crippen LogP contribution in [-0.2, 0) is 0 Å². The van der Waals surface area contributed by atoms with Gasteiger partial charge in [0.25, 0.3) is 0 Å². The molecular weight excluding hydrogens is 290 g/mol. The topological polar surface area (TPSA) is 77.8 Å². The number of carboxylic acid groups (broad SMARTS) is 1. The van der Waals surface area contributed by atoms with Gasteiger partial charge in [-0.25, -0.2) is 4.79 Å². The molecule has 0 amide bonds. The lowest BCUT2D eigenvalue weighted by molar-refractivity contribution is 0.0697. The third-order valence-corrected chi connectivity index (χ3v) is 3.24. The maximum absolute atomic E-state index is 10.9. The maximum Gasteiger partial charge on any atom is 0.488 e. The molecule has 4 nitrogen and oxygen atoms in total. The van der Waals surface area contributed by atoms with Crippen molar-refractivity contribution in [3.8, 4) is 0 Å². The average molecular weight is 303 g/mol. The Bertz CT molecular complexity index is 698. The molecule has 106 valence electrons. The summed E-state index contributed by atoms with van der Waals surface area (Å²) in [5.41, 5.74) is 1.95. The second kappa shape index (κ2) is 6.58. The zero-order valence-electron chi connectivity index (χ0n) is 10.9. The fraction of sp³-hybridized carbons (Fsp3) is 0. The minimum Gasteiger partial charge on any atom is -0.478 e. The summed E-state index contributed by atoms with van der Waals surface area (Å²) >= 11 is 6.05. The molecule has 3 N–H and O–H groups in total. The molecule has 0 saturated carbocycles. The van der Waals surface area contributed by atoms with Crippen molar-refractivity contribution in [3.63, 3.8) is 0 Å². The van der Waals surface area contributed by atoms with Crippen molar-refractivity contribution in [2.45, 2.75) is 0 Å². The summed E-state index contributed by atoms with van der Waals surface area (Å²) in [6.45, 7) is 0. The lowest BCUT2D eigenvalue weighted by atomic mass is 9.80. The first kappa shape index (κ1) is 15.3. The van der Waals surface area contributed by atoms with E-state index < -0.39 is 13.1 Å². The highest BCUT2D eigenvalue weighted by Crippen LogP contribution is 2.18. The molecule has 0 aliphatic heterocycles. The molecule has 0 spiro atoms. The summed E-state index contributed by atoms with van der Waals surface area (Å²) in [5.74, 6) is -0.982. The van der Waals surface area contributed by atoms with Gasteiger partial charge in [0, 0.05) is 5.02 Å². The van der Waals surface area contributed by atoms with Crippen LogP contribution >= 0.6 is 11.6 Å². The van der Waals surface area contributed by atoms with Gasteiger partial charge in [-0.15, -0.1) is 0 Å². The van der Waals surface area contributed by atoms with Crippen LogP contribution in [0.5, 0.6) is 0 Å². The van der Waals surface area contributed by atoms with Gasteiger partial charge in [0.05, 0.1) is 5.56 Å². The molecule has 0 fully saturated rings. The fourth-order valence-electron chi connectivity index (χ4n) is 1.80. The Morgan fingerprint density at radius 2 is 1.86 bits per heavy atom. The van der Waals surface area contributed by atoms with E-state index in [0.717, 1.165) is 5.56 Å². The summed E-state index contributed by atoms with van der Waals surface area (Å²) in [7, 11) is -1.56. The van der Waals surface area contributed by atoms with Gasteiger partial charge in [-0.3, -0.25) is 0 Å². The molecule has 21 heavy (non-hydrogen) atoms. The van der Waals surface area contributed by atoms with Crippen LogP contribution in [0.3, 0.4) is 0 Å². The number of benzene rings is 2. The van der Waals surface area contributed by atoms with Crippen molar-refractivity contribution < 1.29 is 19.9 Å². The highest BCUT2D eigenvalue weighted by Gasteiger charge is 2.11. The second-order valence-corrected chi connectivity index (χ2v) is 4.83. The number of rotatable bonds is 4. The third kappa shape index (κ3) is 3.95. The first-order chi connectivity index (χ1) is 9.97. The van der Waals surface area contributed by atoms with E-state index in [4.69, 9.17) is 26.8 Å². The number of halogens is 1. The van der Waals surface area contributed by atoms with E-state index in [1.54, 1.807) is 42.5 Å². The Labute approximate surface area is 127 Å². The van der Waals surface area contributed by atoms with Crippen LogP contribution in [0.15, 0.2) is 42.5 Å². The monoisotopic (exact) mass is 302 g/mol. The summed E-state index contributed by atoms with van der Waals surface area (Å²) in [6, 6.07) is 11.2. The highest BCUT2D eigenvalue weighted by molar-refractivity contribution is 6.59. The molecule has 0 aliphatic rings. The number of hydrogen-bond donors (Lipinski definition) is 3. The van der Waals surface area contributed by atoms with Crippen LogP contribution < -0.4 is 5.46 Å². The standard InChI is InChI=1S/C15H12BClO4/c17-14-9-13(16(20)21)7-6-11(14)5-4-10-2-1-3-12(8-10)15(18)19/h1-9,20-21H,(H,18,19). The SMILES string of the molecule is O=C(O)c1cccc(C=Cc2ccc(B(O)O)cc2Cl)c1. The van der Waals surface area contributed by atoms with E-state index in [1.165, 1.54) is 12.1 Å². The Kier molecular flexibility index (Phi) is 4.80. The highest BCUT2D eigenvalue weighted by atomic mass is 35.5. The van der Waals surface area contributed by atoms with Gasteiger partial charge in [-0.2, -0.15) is 0 Å². The van der Waals surface area contributed by atoms with E-state index in [-0.39, 0.29) is 5.56 Å². The van der Waals surface area contributed by atoms with Gasteiger partial charge >= 0.3 is 13.1 Å². The zero-order valence-corrected chi connectivity index (χ0v) is 11.7. The maximum atomic E-state index is 10.9. The molecule has 0 unspecified atom stereocenters. The quantitative estimate of drug-likeness (QED) is 0.595. The molecule has 0 bridgehead atoms. The van der Waals surface area contributed by atoms with E-state index in [1.807, 2.05) is 0 Å². The lowest BCUT2D eigenvalue weighted by Crippen LogP contribution is -2.29. The summed E-state index contributed by atoms with van der Waals surface area (Å²) in [5, 5.41) is 27.4. The second-order valence-electron chi connectivity index (χ2n) is 4.42. The fourth-order valence-corrected chi connectivity index (χ4v) is 2.05. The van der Waals surface area contributed by atoms with Crippen molar-refractivity contribution >= 4 is 42.3 Å². The Morgan fingerprint density at radius 3 is 2.48 bits per heavy atom. The van der Waals surface area contributed by atoms with Crippen LogP contribution in [0.25, 0.3) is 12.2 Å². The molecule has 6 heteroatoms. The summed E-state index contributed by atoms with van der Waals surface area (Å²) in [6.07, 6.45) is 3.47. The van der Waals surface area contributed by atoms with Gasteiger partial charge in [-0.05, 0) is 34.8 Å². The summed E-state index contributed by atoms with van der Waals surface area (Å²) in [4.78, 5) is 10.9. The first-order valence-corrected chi connectivity index (χ1v) is 6.52. The van der Waals surface area contributed by atoms with Gasteiger partial charge in [0.1, 0.15) is 0 Å². The molecular formula is C15H12BClO4. The first-order valence-electron chi connectivity index (χ1n) is 6.14. The molecule has 0 heterocycles. The molecule has 0 radical (unpaired) electrons. The van der Waals surface area contributed by atoms with Crippen LogP contribution in [0.4, 0.5) is 0 Å².